The van der Waals surface area contributed by atoms with Crippen LogP contribution in [0.1, 0.15) is 24.3 Å². The van der Waals surface area contributed by atoms with Gasteiger partial charge in [-0.25, -0.2) is 0 Å². The smallest absolute Gasteiger partial charge is 0.270 e. The second kappa shape index (κ2) is 6.68. The molecule has 0 aliphatic rings. The summed E-state index contributed by atoms with van der Waals surface area (Å²) in [6.45, 7) is 10.0. The van der Waals surface area contributed by atoms with E-state index in [-0.39, 0.29) is 5.91 Å². The first kappa shape index (κ1) is 13.2. The van der Waals surface area contributed by atoms with Crippen LogP contribution in [0.2, 0.25) is 0 Å². The molecule has 1 N–H and O–H groups in total. The maximum Gasteiger partial charge on any atom is 0.270 e. The van der Waals surface area contributed by atoms with Crippen LogP contribution in [0.5, 0.6) is 0 Å². The zero-order valence-electron chi connectivity index (χ0n) is 10.4. The second-order valence-electron chi connectivity index (χ2n) is 3.57. The molecule has 0 unspecified atom stereocenters. The number of hydrogen-bond donors (Lipinski definition) is 1. The third kappa shape index (κ3) is 3.59. The molecule has 17 heavy (non-hydrogen) atoms. The Hall–Kier alpha value is -1.84. The molecule has 4 heteroatoms. The standard InChI is InChI=1S/C13H19N3O/c1-4-8-15-13(17)12-10-11(7-9-14-12)16(5-2)6-3/h4,7,9-10H,1,5-6,8H2,2-3H3,(H,15,17). The molecule has 1 heterocycles. The molecule has 0 saturated heterocycles. The van der Waals surface area contributed by atoms with Gasteiger partial charge in [-0.05, 0) is 26.0 Å². The van der Waals surface area contributed by atoms with Crippen molar-refractivity contribution >= 4 is 11.6 Å². The van der Waals surface area contributed by atoms with Crippen LogP contribution in [0.25, 0.3) is 0 Å². The van der Waals surface area contributed by atoms with Gasteiger partial charge >= 0.3 is 0 Å². The van der Waals surface area contributed by atoms with Crippen molar-refractivity contribution in [3.05, 3.63) is 36.7 Å². The molecule has 1 rings (SSSR count). The minimum atomic E-state index is -0.168. The highest BCUT2D eigenvalue weighted by molar-refractivity contribution is 5.93. The summed E-state index contributed by atoms with van der Waals surface area (Å²) in [4.78, 5) is 18.0. The molecule has 4 nitrogen and oxygen atoms in total. The third-order valence-corrected chi connectivity index (χ3v) is 2.51. The molecule has 0 saturated carbocycles. The first-order valence-corrected chi connectivity index (χ1v) is 5.83. The topological polar surface area (TPSA) is 45.2 Å². The van der Waals surface area contributed by atoms with Crippen LogP contribution < -0.4 is 10.2 Å². The van der Waals surface area contributed by atoms with E-state index in [1.54, 1.807) is 12.3 Å². The Morgan fingerprint density at radius 1 is 1.53 bits per heavy atom. The summed E-state index contributed by atoms with van der Waals surface area (Å²) in [6.07, 6.45) is 3.31. The van der Waals surface area contributed by atoms with Gasteiger partial charge < -0.3 is 10.2 Å². The van der Waals surface area contributed by atoms with Crippen molar-refractivity contribution in [1.29, 1.82) is 0 Å². The van der Waals surface area contributed by atoms with Gasteiger partial charge in [-0.1, -0.05) is 6.08 Å². The second-order valence-corrected chi connectivity index (χ2v) is 3.57. The molecule has 0 fully saturated rings. The molecule has 1 aromatic rings. The summed E-state index contributed by atoms with van der Waals surface area (Å²) < 4.78 is 0. The lowest BCUT2D eigenvalue weighted by Gasteiger charge is -2.21. The SMILES string of the molecule is C=CCNC(=O)c1cc(N(CC)CC)ccn1. The normalized spacial score (nSPS) is 9.76. The first-order chi connectivity index (χ1) is 8.22. The Bertz CT molecular complexity index is 386. The van der Waals surface area contributed by atoms with Crippen LogP contribution in [0, 0.1) is 0 Å². The van der Waals surface area contributed by atoms with Crippen molar-refractivity contribution in [3.63, 3.8) is 0 Å². The number of amides is 1. The van der Waals surface area contributed by atoms with E-state index in [1.807, 2.05) is 12.1 Å². The highest BCUT2D eigenvalue weighted by Gasteiger charge is 2.08. The van der Waals surface area contributed by atoms with Crippen molar-refractivity contribution in [3.8, 4) is 0 Å². The largest absolute Gasteiger partial charge is 0.372 e. The molecular weight excluding hydrogens is 214 g/mol. The molecule has 0 radical (unpaired) electrons. The highest BCUT2D eigenvalue weighted by atomic mass is 16.1. The maximum absolute atomic E-state index is 11.7. The van der Waals surface area contributed by atoms with Gasteiger partial charge in [0.1, 0.15) is 5.69 Å². The minimum absolute atomic E-state index is 0.168. The predicted octanol–water partition coefficient (Wildman–Crippen LogP) is 1.84. The molecule has 1 amide bonds. The van der Waals surface area contributed by atoms with Crippen LogP contribution >= 0.6 is 0 Å². The van der Waals surface area contributed by atoms with E-state index < -0.39 is 0 Å². The summed E-state index contributed by atoms with van der Waals surface area (Å²) in [7, 11) is 0. The molecule has 0 aromatic carbocycles. The van der Waals surface area contributed by atoms with E-state index in [9.17, 15) is 4.79 Å². The lowest BCUT2D eigenvalue weighted by atomic mass is 10.2. The number of anilines is 1. The van der Waals surface area contributed by atoms with Crippen molar-refractivity contribution in [1.82, 2.24) is 10.3 Å². The van der Waals surface area contributed by atoms with Gasteiger partial charge in [0.25, 0.3) is 5.91 Å². The van der Waals surface area contributed by atoms with Gasteiger partial charge in [0.15, 0.2) is 0 Å². The van der Waals surface area contributed by atoms with Crippen LogP contribution in [0.3, 0.4) is 0 Å². The lowest BCUT2D eigenvalue weighted by molar-refractivity contribution is 0.0953. The number of aromatic nitrogens is 1. The summed E-state index contributed by atoms with van der Waals surface area (Å²) in [5.41, 5.74) is 1.46. The fourth-order valence-corrected chi connectivity index (χ4v) is 1.58. The predicted molar refractivity (Wildman–Crippen MR) is 70.3 cm³/mol. The zero-order valence-corrected chi connectivity index (χ0v) is 10.4. The van der Waals surface area contributed by atoms with E-state index in [4.69, 9.17) is 0 Å². The Labute approximate surface area is 102 Å². The van der Waals surface area contributed by atoms with E-state index >= 15 is 0 Å². The monoisotopic (exact) mass is 233 g/mol. The van der Waals surface area contributed by atoms with Crippen LogP contribution in [0.15, 0.2) is 31.0 Å². The van der Waals surface area contributed by atoms with E-state index in [1.165, 1.54) is 0 Å². The van der Waals surface area contributed by atoms with Crippen molar-refractivity contribution < 1.29 is 4.79 Å². The number of rotatable bonds is 6. The van der Waals surface area contributed by atoms with E-state index in [0.29, 0.717) is 12.2 Å². The minimum Gasteiger partial charge on any atom is -0.372 e. The molecule has 0 spiro atoms. The molecule has 92 valence electrons. The number of hydrogen-bond acceptors (Lipinski definition) is 3. The fourth-order valence-electron chi connectivity index (χ4n) is 1.58. The summed E-state index contributed by atoms with van der Waals surface area (Å²) in [5.74, 6) is -0.168. The Kier molecular flexibility index (Phi) is 5.20. The molecule has 0 atom stereocenters. The van der Waals surface area contributed by atoms with Crippen molar-refractivity contribution in [2.24, 2.45) is 0 Å². The summed E-state index contributed by atoms with van der Waals surface area (Å²) in [5, 5.41) is 2.71. The molecule has 0 aliphatic heterocycles. The van der Waals surface area contributed by atoms with Gasteiger partial charge in [0.2, 0.25) is 0 Å². The molecule has 0 bridgehead atoms. The van der Waals surface area contributed by atoms with Crippen LogP contribution in [0.4, 0.5) is 5.69 Å². The average Bonchev–Trinajstić information content (AvgIpc) is 2.38. The Morgan fingerprint density at radius 2 is 2.24 bits per heavy atom. The van der Waals surface area contributed by atoms with Gasteiger partial charge in [0, 0.05) is 31.5 Å². The Balaban J connectivity index is 2.84. The number of carbonyl (C=O) groups excluding carboxylic acids is 1. The van der Waals surface area contributed by atoms with Gasteiger partial charge in [-0.15, -0.1) is 6.58 Å². The zero-order chi connectivity index (χ0) is 12.7. The van der Waals surface area contributed by atoms with E-state index in [2.05, 4.69) is 35.6 Å². The average molecular weight is 233 g/mol. The van der Waals surface area contributed by atoms with Crippen LogP contribution in [-0.4, -0.2) is 30.5 Å². The van der Waals surface area contributed by atoms with Gasteiger partial charge in [0.05, 0.1) is 0 Å². The summed E-state index contributed by atoms with van der Waals surface area (Å²) in [6, 6.07) is 3.72. The lowest BCUT2D eigenvalue weighted by Crippen LogP contribution is -2.26. The number of nitrogens with one attached hydrogen (secondary N) is 1. The molecular formula is C13H19N3O. The quantitative estimate of drug-likeness (QED) is 0.763. The molecule has 0 aliphatic carbocycles. The number of carbonyl (C=O) groups is 1. The van der Waals surface area contributed by atoms with Crippen molar-refractivity contribution in [2.75, 3.05) is 24.5 Å². The third-order valence-electron chi connectivity index (χ3n) is 2.51. The highest BCUT2D eigenvalue weighted by Crippen LogP contribution is 2.13. The first-order valence-electron chi connectivity index (χ1n) is 5.83. The maximum atomic E-state index is 11.7. The van der Waals surface area contributed by atoms with Crippen molar-refractivity contribution in [2.45, 2.75) is 13.8 Å². The number of pyridine rings is 1. The number of nitrogens with zero attached hydrogens (tertiary/aromatic N) is 2. The fraction of sp³-hybridized carbons (Fsp3) is 0.385. The van der Waals surface area contributed by atoms with Crippen LogP contribution in [-0.2, 0) is 0 Å². The Morgan fingerprint density at radius 3 is 2.82 bits per heavy atom. The molecule has 1 aromatic heterocycles. The summed E-state index contributed by atoms with van der Waals surface area (Å²) >= 11 is 0. The van der Waals surface area contributed by atoms with Gasteiger partial charge in [-0.2, -0.15) is 0 Å². The van der Waals surface area contributed by atoms with Gasteiger partial charge in [-0.3, -0.25) is 9.78 Å². The van der Waals surface area contributed by atoms with E-state index in [0.717, 1.165) is 18.8 Å².